The van der Waals surface area contributed by atoms with Crippen molar-refractivity contribution < 1.29 is 18.7 Å². The normalized spacial score (nSPS) is 11.9. The highest BCUT2D eigenvalue weighted by Crippen LogP contribution is 2.39. The van der Waals surface area contributed by atoms with Crippen LogP contribution in [0, 0.1) is 13.8 Å². The Hall–Kier alpha value is -3.38. The van der Waals surface area contributed by atoms with E-state index in [0.717, 1.165) is 27.5 Å². The van der Waals surface area contributed by atoms with Crippen LogP contribution in [0.1, 0.15) is 48.6 Å². The first kappa shape index (κ1) is 22.8. The molecule has 2 aromatic carbocycles. The van der Waals surface area contributed by atoms with Crippen molar-refractivity contribution in [2.75, 3.05) is 11.9 Å². The highest BCUT2D eigenvalue weighted by molar-refractivity contribution is 6.07. The van der Waals surface area contributed by atoms with Gasteiger partial charge in [-0.15, -0.1) is 0 Å². The molecular weight excluding hydrogens is 418 g/mol. The first-order chi connectivity index (χ1) is 15.6. The first-order valence-electron chi connectivity index (χ1n) is 11.1. The van der Waals surface area contributed by atoms with Crippen molar-refractivity contribution in [3.63, 3.8) is 0 Å². The number of aliphatic hydroxyl groups is 1. The van der Waals surface area contributed by atoms with Crippen LogP contribution in [-0.2, 0) is 23.1 Å². The number of rotatable bonds is 5. The highest BCUT2D eigenvalue weighted by atomic mass is 16.4. The van der Waals surface area contributed by atoms with Gasteiger partial charge in [0.25, 0.3) is 0 Å². The SMILES string of the molecule is Cc1cc2oc(=O)c(CC(=O)Nc3ccc(CCO)cc3)c(C)c2c2occ(C(C)(C)C)c12. The molecule has 0 aliphatic rings. The lowest BCUT2D eigenvalue weighted by molar-refractivity contribution is -0.115. The third kappa shape index (κ3) is 4.31. The van der Waals surface area contributed by atoms with Crippen molar-refractivity contribution in [2.45, 2.75) is 52.9 Å². The lowest BCUT2D eigenvalue weighted by atomic mass is 9.85. The molecule has 33 heavy (non-hydrogen) atoms. The van der Waals surface area contributed by atoms with Crippen LogP contribution < -0.4 is 10.9 Å². The summed E-state index contributed by atoms with van der Waals surface area (Å²) in [6, 6.07) is 9.13. The predicted molar refractivity (Wildman–Crippen MR) is 130 cm³/mol. The lowest BCUT2D eigenvalue weighted by Gasteiger charge is -2.17. The summed E-state index contributed by atoms with van der Waals surface area (Å²) in [5, 5.41) is 13.6. The molecule has 0 saturated carbocycles. The Morgan fingerprint density at radius 3 is 2.42 bits per heavy atom. The van der Waals surface area contributed by atoms with E-state index >= 15 is 0 Å². The summed E-state index contributed by atoms with van der Waals surface area (Å²) in [6.07, 6.45) is 2.22. The average Bonchev–Trinajstić information content (AvgIpc) is 3.19. The maximum absolute atomic E-state index is 12.8. The van der Waals surface area contributed by atoms with Gasteiger partial charge in [0, 0.05) is 23.2 Å². The van der Waals surface area contributed by atoms with Crippen LogP contribution in [0.5, 0.6) is 0 Å². The number of anilines is 1. The molecule has 0 unspecified atom stereocenters. The van der Waals surface area contributed by atoms with Crippen molar-refractivity contribution in [3.05, 3.63) is 74.8 Å². The molecule has 0 spiro atoms. The van der Waals surface area contributed by atoms with Crippen LogP contribution in [0.2, 0.25) is 0 Å². The number of carbonyl (C=O) groups excluding carboxylic acids is 1. The van der Waals surface area contributed by atoms with Gasteiger partial charge in [-0.2, -0.15) is 0 Å². The number of hydrogen-bond donors (Lipinski definition) is 2. The number of furan rings is 1. The summed E-state index contributed by atoms with van der Waals surface area (Å²) in [7, 11) is 0. The second kappa shape index (κ2) is 8.52. The minimum Gasteiger partial charge on any atom is -0.463 e. The zero-order chi connectivity index (χ0) is 23.9. The van der Waals surface area contributed by atoms with Crippen molar-refractivity contribution in [3.8, 4) is 0 Å². The Bertz CT molecular complexity index is 1400. The first-order valence-corrected chi connectivity index (χ1v) is 11.1. The van der Waals surface area contributed by atoms with Crippen molar-refractivity contribution >= 4 is 33.5 Å². The van der Waals surface area contributed by atoms with E-state index in [2.05, 4.69) is 26.1 Å². The number of hydrogen-bond acceptors (Lipinski definition) is 5. The van der Waals surface area contributed by atoms with Crippen LogP contribution in [0.25, 0.3) is 21.9 Å². The summed E-state index contributed by atoms with van der Waals surface area (Å²) in [5.41, 5.74) is 5.19. The van der Waals surface area contributed by atoms with Gasteiger partial charge in [0.15, 0.2) is 0 Å². The third-order valence-electron chi connectivity index (χ3n) is 6.07. The quantitative estimate of drug-likeness (QED) is 0.412. The van der Waals surface area contributed by atoms with E-state index in [-0.39, 0.29) is 24.3 Å². The van der Waals surface area contributed by atoms with Crippen LogP contribution in [0.4, 0.5) is 5.69 Å². The highest BCUT2D eigenvalue weighted by Gasteiger charge is 2.25. The number of benzene rings is 2. The molecular formula is C27H29NO5. The molecule has 4 rings (SSSR count). The average molecular weight is 448 g/mol. The lowest BCUT2D eigenvalue weighted by Crippen LogP contribution is -2.20. The molecule has 172 valence electrons. The van der Waals surface area contributed by atoms with Crippen LogP contribution in [0.3, 0.4) is 0 Å². The molecule has 0 radical (unpaired) electrons. The molecule has 2 heterocycles. The number of aryl methyl sites for hydroxylation is 2. The van der Waals surface area contributed by atoms with Gasteiger partial charge in [-0.05, 0) is 60.6 Å². The minimum atomic E-state index is -0.519. The molecule has 6 nitrogen and oxygen atoms in total. The predicted octanol–water partition coefficient (Wildman–Crippen LogP) is 5.17. The molecule has 0 saturated heterocycles. The van der Waals surface area contributed by atoms with Crippen molar-refractivity contribution in [1.29, 1.82) is 0 Å². The molecule has 0 fully saturated rings. The second-order valence-corrected chi connectivity index (χ2v) is 9.56. The fraction of sp³-hybridized carbons (Fsp3) is 0.333. The molecule has 0 aliphatic carbocycles. The van der Waals surface area contributed by atoms with Gasteiger partial charge in [0.05, 0.1) is 23.6 Å². The third-order valence-corrected chi connectivity index (χ3v) is 6.07. The van der Waals surface area contributed by atoms with Gasteiger partial charge in [-0.25, -0.2) is 4.79 Å². The Kier molecular flexibility index (Phi) is 5.89. The van der Waals surface area contributed by atoms with E-state index in [1.54, 1.807) is 18.4 Å². The van der Waals surface area contributed by atoms with E-state index in [4.69, 9.17) is 13.9 Å². The van der Waals surface area contributed by atoms with E-state index in [0.29, 0.717) is 34.4 Å². The van der Waals surface area contributed by atoms with E-state index in [9.17, 15) is 9.59 Å². The molecule has 2 aromatic heterocycles. The summed E-state index contributed by atoms with van der Waals surface area (Å²) >= 11 is 0. The smallest absolute Gasteiger partial charge is 0.340 e. The molecule has 6 heteroatoms. The van der Waals surface area contributed by atoms with E-state index in [1.807, 2.05) is 32.0 Å². The second-order valence-electron chi connectivity index (χ2n) is 9.56. The summed E-state index contributed by atoms with van der Waals surface area (Å²) in [5.74, 6) is -0.308. The molecule has 0 aliphatic heterocycles. The molecule has 2 N–H and O–H groups in total. The van der Waals surface area contributed by atoms with Crippen LogP contribution >= 0.6 is 0 Å². The fourth-order valence-corrected chi connectivity index (χ4v) is 4.29. The number of aliphatic hydroxyl groups excluding tert-OH is 1. The standard InChI is InChI=1S/C27H29NO5/c1-15-12-21-24(25-23(15)20(14-32-25)27(3,4)5)16(2)19(26(31)33-21)13-22(30)28-18-8-6-17(7-9-18)10-11-29/h6-9,12,14,29H,10-11,13H2,1-5H3,(H,28,30). The zero-order valence-electron chi connectivity index (χ0n) is 19.7. The summed E-state index contributed by atoms with van der Waals surface area (Å²) < 4.78 is 11.6. The molecule has 4 aromatic rings. The summed E-state index contributed by atoms with van der Waals surface area (Å²) in [6.45, 7) is 10.3. The van der Waals surface area contributed by atoms with Gasteiger partial charge in [0.1, 0.15) is 11.2 Å². The topological polar surface area (TPSA) is 92.7 Å². The summed E-state index contributed by atoms with van der Waals surface area (Å²) in [4.78, 5) is 25.5. The van der Waals surface area contributed by atoms with Gasteiger partial charge in [-0.1, -0.05) is 32.9 Å². The van der Waals surface area contributed by atoms with Crippen molar-refractivity contribution in [2.24, 2.45) is 0 Å². The maximum atomic E-state index is 12.8. The van der Waals surface area contributed by atoms with Crippen LogP contribution in [0.15, 0.2) is 50.2 Å². The number of amides is 1. The van der Waals surface area contributed by atoms with Gasteiger partial charge in [-0.3, -0.25) is 4.79 Å². The minimum absolute atomic E-state index is 0.0719. The number of fused-ring (bicyclic) bond motifs is 3. The van der Waals surface area contributed by atoms with Gasteiger partial charge in [0.2, 0.25) is 5.91 Å². The Labute approximate surface area is 192 Å². The van der Waals surface area contributed by atoms with Crippen molar-refractivity contribution in [1.82, 2.24) is 0 Å². The van der Waals surface area contributed by atoms with E-state index < -0.39 is 5.63 Å². The Morgan fingerprint density at radius 2 is 1.79 bits per heavy atom. The maximum Gasteiger partial charge on any atom is 0.340 e. The van der Waals surface area contributed by atoms with Gasteiger partial charge < -0.3 is 19.3 Å². The number of nitrogens with one attached hydrogen (secondary N) is 1. The Balaban J connectivity index is 1.73. The zero-order valence-corrected chi connectivity index (χ0v) is 19.7. The number of carbonyl (C=O) groups is 1. The monoisotopic (exact) mass is 447 g/mol. The molecule has 0 bridgehead atoms. The Morgan fingerprint density at radius 1 is 1.09 bits per heavy atom. The molecule has 0 atom stereocenters. The largest absolute Gasteiger partial charge is 0.463 e. The van der Waals surface area contributed by atoms with E-state index in [1.165, 1.54) is 0 Å². The molecule has 1 amide bonds. The van der Waals surface area contributed by atoms with Crippen LogP contribution in [-0.4, -0.2) is 17.6 Å². The fourth-order valence-electron chi connectivity index (χ4n) is 4.29. The van der Waals surface area contributed by atoms with Gasteiger partial charge >= 0.3 is 5.63 Å².